The van der Waals surface area contributed by atoms with Crippen LogP contribution >= 0.6 is 0 Å². The summed E-state index contributed by atoms with van der Waals surface area (Å²) in [5.41, 5.74) is 1.13. The molecule has 8 nitrogen and oxygen atoms in total. The molecule has 0 spiro atoms. The fourth-order valence-electron chi connectivity index (χ4n) is 2.61. The van der Waals surface area contributed by atoms with Crippen LogP contribution in [0.15, 0.2) is 54.9 Å². The highest BCUT2D eigenvalue weighted by molar-refractivity contribution is 6.11. The van der Waals surface area contributed by atoms with Gasteiger partial charge in [0.1, 0.15) is 5.82 Å². The number of benzene rings is 2. The first-order valence-corrected chi connectivity index (χ1v) is 7.97. The predicted octanol–water partition coefficient (Wildman–Crippen LogP) is 2.93. The van der Waals surface area contributed by atoms with Crippen molar-refractivity contribution in [2.24, 2.45) is 0 Å². The summed E-state index contributed by atoms with van der Waals surface area (Å²) in [5, 5.41) is 5.13. The Bertz CT molecular complexity index is 1140. The number of anilines is 2. The topological polar surface area (TPSA) is 116 Å². The Labute approximate surface area is 151 Å². The summed E-state index contributed by atoms with van der Waals surface area (Å²) in [6.45, 7) is 0. The SMILES string of the molecule is O=C(Nc1nc2cccc(C(=O)Nc3ncc[nH]3)c2[nH]1)c1ccccc1F. The van der Waals surface area contributed by atoms with Crippen LogP contribution in [0.4, 0.5) is 16.3 Å². The molecular weight excluding hydrogens is 351 g/mol. The number of hydrogen-bond donors (Lipinski definition) is 4. The summed E-state index contributed by atoms with van der Waals surface area (Å²) in [7, 11) is 0. The molecule has 2 heterocycles. The van der Waals surface area contributed by atoms with Crippen LogP contribution in [-0.4, -0.2) is 31.8 Å². The normalized spacial score (nSPS) is 10.7. The van der Waals surface area contributed by atoms with Crippen molar-refractivity contribution >= 4 is 34.7 Å². The lowest BCUT2D eigenvalue weighted by Gasteiger charge is -2.03. The quantitative estimate of drug-likeness (QED) is 0.445. The smallest absolute Gasteiger partial charge is 0.260 e. The van der Waals surface area contributed by atoms with E-state index in [1.807, 2.05) is 0 Å². The van der Waals surface area contributed by atoms with Gasteiger partial charge in [-0.1, -0.05) is 18.2 Å². The third-order valence-electron chi connectivity index (χ3n) is 3.84. The van der Waals surface area contributed by atoms with Crippen molar-refractivity contribution in [1.29, 1.82) is 0 Å². The van der Waals surface area contributed by atoms with Crippen LogP contribution in [0.1, 0.15) is 20.7 Å². The maximum Gasteiger partial charge on any atom is 0.260 e. The van der Waals surface area contributed by atoms with Gasteiger partial charge in [0.2, 0.25) is 11.9 Å². The highest BCUT2D eigenvalue weighted by Gasteiger charge is 2.17. The van der Waals surface area contributed by atoms with Gasteiger partial charge in [-0.15, -0.1) is 0 Å². The van der Waals surface area contributed by atoms with Crippen LogP contribution in [0.3, 0.4) is 0 Å². The molecule has 0 radical (unpaired) electrons. The second-order valence-corrected chi connectivity index (χ2v) is 5.61. The van der Waals surface area contributed by atoms with Gasteiger partial charge in [-0.05, 0) is 24.3 Å². The van der Waals surface area contributed by atoms with Crippen molar-refractivity contribution in [2.75, 3.05) is 10.6 Å². The molecule has 27 heavy (non-hydrogen) atoms. The molecule has 0 aliphatic carbocycles. The summed E-state index contributed by atoms with van der Waals surface area (Å²) < 4.78 is 13.7. The van der Waals surface area contributed by atoms with Gasteiger partial charge in [0.15, 0.2) is 0 Å². The van der Waals surface area contributed by atoms with E-state index in [0.717, 1.165) is 0 Å². The third kappa shape index (κ3) is 3.25. The third-order valence-corrected chi connectivity index (χ3v) is 3.84. The van der Waals surface area contributed by atoms with Crippen LogP contribution in [0, 0.1) is 5.82 Å². The average Bonchev–Trinajstić information content (AvgIpc) is 3.30. The Kier molecular flexibility index (Phi) is 4.09. The maximum absolute atomic E-state index is 13.7. The number of carbonyl (C=O) groups is 2. The fraction of sp³-hybridized carbons (Fsp3) is 0. The minimum absolute atomic E-state index is 0.103. The van der Waals surface area contributed by atoms with Crippen molar-refractivity contribution in [2.45, 2.75) is 0 Å². The Morgan fingerprint density at radius 3 is 2.44 bits per heavy atom. The molecule has 2 amide bonds. The van der Waals surface area contributed by atoms with Gasteiger partial charge in [0, 0.05) is 12.4 Å². The molecule has 134 valence electrons. The molecule has 4 N–H and O–H groups in total. The first kappa shape index (κ1) is 16.5. The van der Waals surface area contributed by atoms with Crippen molar-refractivity contribution in [1.82, 2.24) is 19.9 Å². The number of amides is 2. The summed E-state index contributed by atoms with van der Waals surface area (Å²) in [5.74, 6) is -1.26. The van der Waals surface area contributed by atoms with Gasteiger partial charge in [0.05, 0.1) is 22.2 Å². The highest BCUT2D eigenvalue weighted by atomic mass is 19.1. The molecule has 0 aliphatic heterocycles. The van der Waals surface area contributed by atoms with Gasteiger partial charge in [0.25, 0.3) is 11.8 Å². The Morgan fingerprint density at radius 1 is 0.926 bits per heavy atom. The molecule has 4 aromatic rings. The molecule has 2 aromatic carbocycles. The van der Waals surface area contributed by atoms with Gasteiger partial charge < -0.3 is 9.97 Å². The van der Waals surface area contributed by atoms with E-state index in [9.17, 15) is 14.0 Å². The maximum atomic E-state index is 13.7. The molecule has 0 atom stereocenters. The molecule has 0 fully saturated rings. The van der Waals surface area contributed by atoms with Crippen molar-refractivity contribution < 1.29 is 14.0 Å². The van der Waals surface area contributed by atoms with E-state index in [4.69, 9.17) is 0 Å². The van der Waals surface area contributed by atoms with E-state index >= 15 is 0 Å². The van der Waals surface area contributed by atoms with Crippen LogP contribution in [-0.2, 0) is 0 Å². The lowest BCUT2D eigenvalue weighted by molar-refractivity contribution is 0.101. The molecule has 0 aliphatic rings. The van der Waals surface area contributed by atoms with E-state index in [0.29, 0.717) is 22.5 Å². The number of hydrogen-bond acceptors (Lipinski definition) is 4. The molecular formula is C18H13FN6O2. The van der Waals surface area contributed by atoms with Crippen LogP contribution in [0.25, 0.3) is 11.0 Å². The number of aromatic nitrogens is 4. The number of carbonyl (C=O) groups excluding carboxylic acids is 2. The van der Waals surface area contributed by atoms with Crippen molar-refractivity contribution in [3.05, 3.63) is 71.8 Å². The summed E-state index contributed by atoms with van der Waals surface area (Å²) in [6.07, 6.45) is 3.10. The van der Waals surface area contributed by atoms with E-state index in [-0.39, 0.29) is 11.5 Å². The lowest BCUT2D eigenvalue weighted by atomic mass is 10.2. The number of aromatic amines is 2. The number of imidazole rings is 2. The minimum atomic E-state index is -0.645. The van der Waals surface area contributed by atoms with Crippen molar-refractivity contribution in [3.8, 4) is 0 Å². The number of halogens is 1. The molecule has 0 unspecified atom stereocenters. The van der Waals surface area contributed by atoms with Crippen molar-refractivity contribution in [3.63, 3.8) is 0 Å². The summed E-state index contributed by atoms with van der Waals surface area (Å²) in [6, 6.07) is 10.6. The second kappa shape index (κ2) is 6.71. The first-order valence-electron chi connectivity index (χ1n) is 7.97. The van der Waals surface area contributed by atoms with E-state index < -0.39 is 17.6 Å². The molecule has 0 bridgehead atoms. The highest BCUT2D eigenvalue weighted by Crippen LogP contribution is 2.20. The zero-order valence-corrected chi connectivity index (χ0v) is 13.8. The minimum Gasteiger partial charge on any atom is -0.331 e. The average molecular weight is 364 g/mol. The van der Waals surface area contributed by atoms with Gasteiger partial charge in [-0.25, -0.2) is 14.4 Å². The largest absolute Gasteiger partial charge is 0.331 e. The summed E-state index contributed by atoms with van der Waals surface area (Å²) >= 11 is 0. The Morgan fingerprint density at radius 2 is 1.67 bits per heavy atom. The number of rotatable bonds is 4. The monoisotopic (exact) mass is 364 g/mol. The molecule has 9 heteroatoms. The molecule has 2 aromatic heterocycles. The van der Waals surface area contributed by atoms with E-state index in [1.54, 1.807) is 30.5 Å². The van der Waals surface area contributed by atoms with Crippen LogP contribution < -0.4 is 10.6 Å². The van der Waals surface area contributed by atoms with E-state index in [2.05, 4.69) is 30.6 Å². The molecule has 0 saturated carbocycles. The molecule has 4 rings (SSSR count). The standard InChI is InChI=1S/C18H13FN6O2/c19-12-6-2-1-4-10(12)15(26)25-18-22-13-7-3-5-11(14(13)23-18)16(27)24-17-20-8-9-21-17/h1-9H,(H2,20,21,24,27)(H2,22,23,25,26). The van der Waals surface area contributed by atoms with Gasteiger partial charge in [-0.2, -0.15) is 0 Å². The zero-order valence-electron chi connectivity index (χ0n) is 13.8. The Hall–Kier alpha value is -4.01. The zero-order chi connectivity index (χ0) is 18.8. The summed E-state index contributed by atoms with van der Waals surface area (Å²) in [4.78, 5) is 38.6. The second-order valence-electron chi connectivity index (χ2n) is 5.61. The first-order chi connectivity index (χ1) is 13.1. The Balaban J connectivity index is 1.62. The van der Waals surface area contributed by atoms with Crippen LogP contribution in [0.5, 0.6) is 0 Å². The van der Waals surface area contributed by atoms with E-state index in [1.165, 1.54) is 24.4 Å². The fourth-order valence-corrected chi connectivity index (χ4v) is 2.61. The van der Waals surface area contributed by atoms with Gasteiger partial charge >= 0.3 is 0 Å². The number of H-pyrrole nitrogens is 2. The number of nitrogens with one attached hydrogen (secondary N) is 4. The number of fused-ring (bicyclic) bond motifs is 1. The lowest BCUT2D eigenvalue weighted by Crippen LogP contribution is -2.15. The number of para-hydroxylation sites is 1. The number of nitrogens with zero attached hydrogens (tertiary/aromatic N) is 2. The predicted molar refractivity (Wildman–Crippen MR) is 97.0 cm³/mol. The molecule has 0 saturated heterocycles. The van der Waals surface area contributed by atoms with Gasteiger partial charge in [-0.3, -0.25) is 20.2 Å². The van der Waals surface area contributed by atoms with Crippen LogP contribution in [0.2, 0.25) is 0 Å².